The normalized spacial score (nSPS) is 23.5. The van der Waals surface area contributed by atoms with Crippen molar-refractivity contribution < 1.29 is 9.53 Å². The number of hydrogen-bond donors (Lipinski definition) is 1. The van der Waals surface area contributed by atoms with E-state index in [-0.39, 0.29) is 12.0 Å². The number of hydrogen-bond acceptors (Lipinski definition) is 4. The number of amides is 1. The third-order valence-electron chi connectivity index (χ3n) is 4.66. The summed E-state index contributed by atoms with van der Waals surface area (Å²) in [6.07, 6.45) is 1.71. The van der Waals surface area contributed by atoms with Gasteiger partial charge in [-0.2, -0.15) is 5.10 Å². The average molecular weight is 343 g/mol. The topological polar surface area (TPSA) is 58.2 Å². The highest BCUT2D eigenvalue weighted by Gasteiger charge is 2.33. The van der Waals surface area contributed by atoms with Gasteiger partial charge in [0.15, 0.2) is 6.10 Å². The number of rotatable bonds is 2. The van der Waals surface area contributed by atoms with E-state index in [1.54, 1.807) is 11.8 Å². The van der Waals surface area contributed by atoms with E-state index in [2.05, 4.69) is 16.3 Å². The van der Waals surface area contributed by atoms with Gasteiger partial charge in [-0.25, -0.2) is 0 Å². The molecular formula is C18H21N3O2S. The highest BCUT2D eigenvalue weighted by molar-refractivity contribution is 7.99. The summed E-state index contributed by atoms with van der Waals surface area (Å²) in [7, 11) is 0. The predicted octanol–water partition coefficient (Wildman–Crippen LogP) is 2.98. The summed E-state index contributed by atoms with van der Waals surface area (Å²) in [6.45, 7) is 3.55. The third kappa shape index (κ3) is 3.02. The molecule has 2 aliphatic rings. The van der Waals surface area contributed by atoms with Crippen LogP contribution in [0.2, 0.25) is 0 Å². The number of carbonyl (C=O) groups is 1. The van der Waals surface area contributed by atoms with E-state index in [9.17, 15) is 4.79 Å². The Bertz CT molecular complexity index is 745. The van der Waals surface area contributed by atoms with Gasteiger partial charge in [-0.15, -0.1) is 11.8 Å². The Hall–Kier alpha value is -1.95. The molecule has 1 fully saturated rings. The van der Waals surface area contributed by atoms with Crippen LogP contribution in [0, 0.1) is 6.92 Å². The van der Waals surface area contributed by atoms with Crippen LogP contribution in [0.25, 0.3) is 0 Å². The molecule has 4 rings (SSSR count). The Morgan fingerprint density at radius 1 is 1.42 bits per heavy atom. The molecule has 2 aromatic rings. The lowest BCUT2D eigenvalue weighted by atomic mass is 9.94. The number of aromatic amines is 1. The van der Waals surface area contributed by atoms with Crippen LogP contribution < -0.4 is 4.74 Å². The molecule has 1 saturated heterocycles. The molecule has 0 aliphatic carbocycles. The van der Waals surface area contributed by atoms with E-state index >= 15 is 0 Å². The van der Waals surface area contributed by atoms with Crippen LogP contribution in [0.5, 0.6) is 5.75 Å². The first kappa shape index (κ1) is 15.6. The Kier molecular flexibility index (Phi) is 4.22. The van der Waals surface area contributed by atoms with Gasteiger partial charge in [0.05, 0.1) is 5.69 Å². The molecule has 1 N–H and O–H groups in total. The number of nitrogens with zero attached hydrogens (tertiary/aromatic N) is 2. The fraction of sp³-hybridized carbons (Fsp3) is 0.444. The maximum Gasteiger partial charge on any atom is 0.264 e. The number of para-hydroxylation sites is 1. The first-order valence-electron chi connectivity index (χ1n) is 8.40. The Labute approximate surface area is 145 Å². The minimum atomic E-state index is -0.385. The number of likely N-dealkylation sites (tertiary alicyclic amines) is 1. The van der Waals surface area contributed by atoms with Crippen LogP contribution >= 0.6 is 11.8 Å². The van der Waals surface area contributed by atoms with Crippen molar-refractivity contribution in [1.29, 1.82) is 0 Å². The fourth-order valence-corrected chi connectivity index (χ4v) is 4.39. The number of nitrogens with one attached hydrogen (secondary N) is 1. The molecule has 126 valence electrons. The lowest BCUT2D eigenvalue weighted by Gasteiger charge is -2.35. The number of ether oxygens (including phenoxy) is 1. The van der Waals surface area contributed by atoms with Crippen LogP contribution in [-0.2, 0) is 4.79 Å². The van der Waals surface area contributed by atoms with Gasteiger partial charge in [0.2, 0.25) is 0 Å². The maximum absolute atomic E-state index is 12.9. The maximum atomic E-state index is 12.9. The number of piperidine rings is 1. The second kappa shape index (κ2) is 6.51. The average Bonchev–Trinajstić information content (AvgIpc) is 3.07. The summed E-state index contributed by atoms with van der Waals surface area (Å²) in [5.74, 6) is 1.92. The van der Waals surface area contributed by atoms with Crippen molar-refractivity contribution >= 4 is 17.7 Å². The molecule has 0 radical (unpaired) electrons. The molecule has 0 bridgehead atoms. The molecule has 2 atom stereocenters. The zero-order chi connectivity index (χ0) is 16.5. The van der Waals surface area contributed by atoms with Crippen molar-refractivity contribution in [3.8, 4) is 5.75 Å². The highest BCUT2D eigenvalue weighted by Crippen LogP contribution is 2.36. The van der Waals surface area contributed by atoms with Crippen LogP contribution in [-0.4, -0.2) is 46.0 Å². The number of benzene rings is 1. The number of aromatic nitrogens is 2. The van der Waals surface area contributed by atoms with Crippen molar-refractivity contribution in [3.63, 3.8) is 0 Å². The summed E-state index contributed by atoms with van der Waals surface area (Å²) in [5, 5.41) is 7.38. The number of carbonyl (C=O) groups excluding carboxylic acids is 1. The van der Waals surface area contributed by atoms with E-state index in [1.165, 1.54) is 0 Å². The molecule has 6 heteroatoms. The lowest BCUT2D eigenvalue weighted by molar-refractivity contribution is -0.139. The van der Waals surface area contributed by atoms with Gasteiger partial charge in [-0.3, -0.25) is 9.89 Å². The Morgan fingerprint density at radius 3 is 3.12 bits per heavy atom. The molecule has 1 aromatic heterocycles. The van der Waals surface area contributed by atoms with E-state index in [1.807, 2.05) is 36.1 Å². The first-order valence-corrected chi connectivity index (χ1v) is 9.38. The smallest absolute Gasteiger partial charge is 0.264 e. The molecule has 24 heavy (non-hydrogen) atoms. The van der Waals surface area contributed by atoms with Crippen LogP contribution in [0.1, 0.15) is 30.1 Å². The van der Waals surface area contributed by atoms with Gasteiger partial charge in [0.25, 0.3) is 5.91 Å². The van der Waals surface area contributed by atoms with Crippen LogP contribution in [0.15, 0.2) is 35.2 Å². The molecule has 0 saturated carbocycles. The zero-order valence-corrected chi connectivity index (χ0v) is 14.5. The number of H-pyrrole nitrogens is 1. The van der Waals surface area contributed by atoms with Crippen molar-refractivity contribution in [2.75, 3.05) is 18.8 Å². The lowest BCUT2D eigenvalue weighted by Crippen LogP contribution is -2.48. The van der Waals surface area contributed by atoms with E-state index in [4.69, 9.17) is 4.74 Å². The van der Waals surface area contributed by atoms with Crippen molar-refractivity contribution in [2.24, 2.45) is 0 Å². The molecule has 0 spiro atoms. The Morgan fingerprint density at radius 2 is 2.29 bits per heavy atom. The van der Waals surface area contributed by atoms with Gasteiger partial charge in [0, 0.05) is 35.3 Å². The second-order valence-corrected chi connectivity index (χ2v) is 7.53. The molecule has 2 aliphatic heterocycles. The SMILES string of the molecule is Cc1cc([C@H]2CCCN(C(=O)[C@H]3CSc4ccccc4O3)C2)n[nH]1. The largest absolute Gasteiger partial charge is 0.479 e. The summed E-state index contributed by atoms with van der Waals surface area (Å²) < 4.78 is 5.96. The molecular weight excluding hydrogens is 322 g/mol. The van der Waals surface area contributed by atoms with E-state index in [0.717, 1.165) is 48.0 Å². The van der Waals surface area contributed by atoms with Crippen molar-refractivity contribution in [3.05, 3.63) is 41.7 Å². The molecule has 0 unspecified atom stereocenters. The summed E-state index contributed by atoms with van der Waals surface area (Å²) in [4.78, 5) is 16.0. The predicted molar refractivity (Wildman–Crippen MR) is 93.5 cm³/mol. The molecule has 1 aromatic carbocycles. The monoisotopic (exact) mass is 343 g/mol. The molecule has 1 amide bonds. The summed E-state index contributed by atoms with van der Waals surface area (Å²) in [5.41, 5.74) is 2.13. The summed E-state index contributed by atoms with van der Waals surface area (Å²) >= 11 is 1.70. The summed E-state index contributed by atoms with van der Waals surface area (Å²) in [6, 6.07) is 10.0. The van der Waals surface area contributed by atoms with Gasteiger partial charge < -0.3 is 9.64 Å². The Balaban J connectivity index is 1.45. The van der Waals surface area contributed by atoms with Gasteiger partial charge in [-0.1, -0.05) is 12.1 Å². The van der Waals surface area contributed by atoms with E-state index in [0.29, 0.717) is 11.7 Å². The molecule has 3 heterocycles. The zero-order valence-electron chi connectivity index (χ0n) is 13.7. The second-order valence-electron chi connectivity index (χ2n) is 6.46. The number of fused-ring (bicyclic) bond motifs is 1. The van der Waals surface area contributed by atoms with Crippen molar-refractivity contribution in [1.82, 2.24) is 15.1 Å². The number of aryl methyl sites for hydroxylation is 1. The standard InChI is InChI=1S/C18H21N3O2S/c1-12-9-14(20-19-12)13-5-4-8-21(10-13)18(22)16-11-24-17-7-3-2-6-15(17)23-16/h2-3,6-7,9,13,16H,4-5,8,10-11H2,1H3,(H,19,20)/t13-,16+/m0/s1. The first-order chi connectivity index (χ1) is 11.7. The highest BCUT2D eigenvalue weighted by atomic mass is 32.2. The van der Waals surface area contributed by atoms with Gasteiger partial charge in [0.1, 0.15) is 5.75 Å². The van der Waals surface area contributed by atoms with Gasteiger partial charge >= 0.3 is 0 Å². The minimum Gasteiger partial charge on any atom is -0.479 e. The van der Waals surface area contributed by atoms with Crippen LogP contribution in [0.3, 0.4) is 0 Å². The minimum absolute atomic E-state index is 0.106. The molecule has 5 nitrogen and oxygen atoms in total. The van der Waals surface area contributed by atoms with Gasteiger partial charge in [-0.05, 0) is 38.0 Å². The van der Waals surface area contributed by atoms with Crippen LogP contribution in [0.4, 0.5) is 0 Å². The van der Waals surface area contributed by atoms with Crippen molar-refractivity contribution in [2.45, 2.75) is 36.7 Å². The quantitative estimate of drug-likeness (QED) is 0.911. The number of thioether (sulfide) groups is 1. The van der Waals surface area contributed by atoms with E-state index < -0.39 is 0 Å². The third-order valence-corrected chi connectivity index (χ3v) is 5.78. The fourth-order valence-electron chi connectivity index (χ4n) is 3.41.